The fourth-order valence-corrected chi connectivity index (χ4v) is 4.98. The van der Waals surface area contributed by atoms with Gasteiger partial charge in [-0.15, -0.1) is 12.4 Å². The van der Waals surface area contributed by atoms with Crippen molar-refractivity contribution in [2.45, 2.75) is 57.3 Å². The molecule has 2 aliphatic heterocycles. The van der Waals surface area contributed by atoms with E-state index in [4.69, 9.17) is 9.51 Å². The SMILES string of the molecule is CC(C)c1noc([C@@]23CCC[C@@H]2CN(CC2CCNCC2)C3)n1.Cl. The lowest BCUT2D eigenvalue weighted by atomic mass is 9.80. The zero-order chi connectivity index (χ0) is 15.9. The van der Waals surface area contributed by atoms with Crippen LogP contribution in [0.4, 0.5) is 0 Å². The van der Waals surface area contributed by atoms with E-state index in [0.717, 1.165) is 24.2 Å². The van der Waals surface area contributed by atoms with Crippen molar-refractivity contribution in [3.8, 4) is 0 Å². The van der Waals surface area contributed by atoms with Crippen LogP contribution in [-0.2, 0) is 5.41 Å². The molecular formula is C18H31ClN4O. The predicted molar refractivity (Wildman–Crippen MR) is 96.7 cm³/mol. The van der Waals surface area contributed by atoms with Gasteiger partial charge in [0.25, 0.3) is 0 Å². The van der Waals surface area contributed by atoms with Crippen molar-refractivity contribution in [2.75, 3.05) is 32.7 Å². The summed E-state index contributed by atoms with van der Waals surface area (Å²) < 4.78 is 5.76. The van der Waals surface area contributed by atoms with Crippen LogP contribution in [0.2, 0.25) is 0 Å². The Morgan fingerprint density at radius 2 is 2.08 bits per heavy atom. The third-order valence-corrected chi connectivity index (χ3v) is 6.30. The fraction of sp³-hybridized carbons (Fsp3) is 0.889. The average molecular weight is 355 g/mol. The maximum absolute atomic E-state index is 5.76. The molecule has 5 nitrogen and oxygen atoms in total. The third kappa shape index (κ3) is 3.23. The number of aromatic nitrogens is 2. The highest BCUT2D eigenvalue weighted by Gasteiger charge is 2.54. The summed E-state index contributed by atoms with van der Waals surface area (Å²) in [5, 5.41) is 7.72. The quantitative estimate of drug-likeness (QED) is 0.900. The number of hydrogen-bond donors (Lipinski definition) is 1. The Balaban J connectivity index is 0.00000169. The highest BCUT2D eigenvalue weighted by atomic mass is 35.5. The van der Waals surface area contributed by atoms with Crippen LogP contribution < -0.4 is 5.32 Å². The first kappa shape index (κ1) is 18.2. The largest absolute Gasteiger partial charge is 0.339 e. The molecular weight excluding hydrogens is 324 g/mol. The van der Waals surface area contributed by atoms with Crippen LogP contribution in [0.1, 0.15) is 63.6 Å². The third-order valence-electron chi connectivity index (χ3n) is 6.30. The summed E-state index contributed by atoms with van der Waals surface area (Å²) in [5.41, 5.74) is 0.146. The highest BCUT2D eigenvalue weighted by molar-refractivity contribution is 5.85. The summed E-state index contributed by atoms with van der Waals surface area (Å²) in [5.74, 6) is 3.72. The van der Waals surface area contributed by atoms with E-state index in [0.29, 0.717) is 11.8 Å². The Morgan fingerprint density at radius 3 is 2.79 bits per heavy atom. The second-order valence-corrected chi connectivity index (χ2v) is 8.25. The second-order valence-electron chi connectivity index (χ2n) is 8.25. The number of halogens is 1. The topological polar surface area (TPSA) is 54.2 Å². The Kier molecular flexibility index (Phi) is 5.52. The molecule has 6 heteroatoms. The maximum Gasteiger partial charge on any atom is 0.234 e. The van der Waals surface area contributed by atoms with Crippen LogP contribution in [0.5, 0.6) is 0 Å². The molecule has 136 valence electrons. The van der Waals surface area contributed by atoms with Gasteiger partial charge in [-0.2, -0.15) is 4.98 Å². The van der Waals surface area contributed by atoms with E-state index in [-0.39, 0.29) is 17.8 Å². The van der Waals surface area contributed by atoms with E-state index < -0.39 is 0 Å². The van der Waals surface area contributed by atoms with Gasteiger partial charge in [0.15, 0.2) is 5.82 Å². The van der Waals surface area contributed by atoms with Gasteiger partial charge in [-0.05, 0) is 50.6 Å². The van der Waals surface area contributed by atoms with E-state index in [9.17, 15) is 0 Å². The Labute approximate surface area is 151 Å². The summed E-state index contributed by atoms with van der Waals surface area (Å²) in [6.45, 7) is 10.3. The van der Waals surface area contributed by atoms with Gasteiger partial charge in [-0.25, -0.2) is 0 Å². The summed E-state index contributed by atoms with van der Waals surface area (Å²) in [4.78, 5) is 7.49. The molecule has 3 heterocycles. The highest BCUT2D eigenvalue weighted by Crippen LogP contribution is 2.50. The number of nitrogens with one attached hydrogen (secondary N) is 1. The minimum Gasteiger partial charge on any atom is -0.339 e. The van der Waals surface area contributed by atoms with Crippen molar-refractivity contribution in [1.29, 1.82) is 0 Å². The van der Waals surface area contributed by atoms with Gasteiger partial charge in [0.1, 0.15) is 0 Å². The van der Waals surface area contributed by atoms with Gasteiger partial charge < -0.3 is 14.7 Å². The lowest BCUT2D eigenvalue weighted by Gasteiger charge is -2.29. The molecule has 1 saturated carbocycles. The first-order valence-electron chi connectivity index (χ1n) is 9.44. The molecule has 2 saturated heterocycles. The fourth-order valence-electron chi connectivity index (χ4n) is 4.98. The van der Waals surface area contributed by atoms with Crippen LogP contribution in [0.3, 0.4) is 0 Å². The lowest BCUT2D eigenvalue weighted by molar-refractivity contribution is 0.212. The van der Waals surface area contributed by atoms with Gasteiger partial charge in [0, 0.05) is 25.6 Å². The van der Waals surface area contributed by atoms with E-state index in [1.54, 1.807) is 0 Å². The lowest BCUT2D eigenvalue weighted by Crippen LogP contribution is -2.37. The molecule has 0 amide bonds. The molecule has 0 spiro atoms. The van der Waals surface area contributed by atoms with Crippen molar-refractivity contribution in [2.24, 2.45) is 11.8 Å². The molecule has 1 aromatic heterocycles. The summed E-state index contributed by atoms with van der Waals surface area (Å²) in [6, 6.07) is 0. The number of rotatable bonds is 4. The molecule has 0 radical (unpaired) electrons. The van der Waals surface area contributed by atoms with Gasteiger partial charge >= 0.3 is 0 Å². The van der Waals surface area contributed by atoms with Gasteiger partial charge in [0.05, 0.1) is 5.41 Å². The Hall–Kier alpha value is -0.650. The monoisotopic (exact) mass is 354 g/mol. The molecule has 0 bridgehead atoms. The molecule has 3 aliphatic rings. The molecule has 0 unspecified atom stereocenters. The minimum atomic E-state index is 0. The van der Waals surface area contributed by atoms with Crippen molar-refractivity contribution < 1.29 is 4.52 Å². The average Bonchev–Trinajstić information content (AvgIpc) is 3.21. The van der Waals surface area contributed by atoms with Gasteiger partial charge in [-0.1, -0.05) is 25.4 Å². The predicted octanol–water partition coefficient (Wildman–Crippen LogP) is 2.97. The van der Waals surface area contributed by atoms with E-state index in [2.05, 4.69) is 29.2 Å². The van der Waals surface area contributed by atoms with E-state index >= 15 is 0 Å². The van der Waals surface area contributed by atoms with Crippen molar-refractivity contribution >= 4 is 12.4 Å². The zero-order valence-corrected chi connectivity index (χ0v) is 15.8. The molecule has 3 fully saturated rings. The molecule has 2 atom stereocenters. The second kappa shape index (κ2) is 7.30. The molecule has 0 aromatic carbocycles. The molecule has 1 N–H and O–H groups in total. The maximum atomic E-state index is 5.76. The van der Waals surface area contributed by atoms with Crippen molar-refractivity contribution in [3.63, 3.8) is 0 Å². The van der Waals surface area contributed by atoms with Crippen LogP contribution in [0.25, 0.3) is 0 Å². The van der Waals surface area contributed by atoms with Gasteiger partial charge in [0.2, 0.25) is 5.89 Å². The first-order chi connectivity index (χ1) is 11.2. The number of hydrogen-bond acceptors (Lipinski definition) is 5. The summed E-state index contributed by atoms with van der Waals surface area (Å²) in [6.07, 6.45) is 6.51. The van der Waals surface area contributed by atoms with Gasteiger partial charge in [-0.3, -0.25) is 0 Å². The number of piperidine rings is 1. The number of likely N-dealkylation sites (tertiary alicyclic amines) is 1. The number of fused-ring (bicyclic) bond motifs is 1. The Bertz CT molecular complexity index is 543. The van der Waals surface area contributed by atoms with E-state index in [1.165, 1.54) is 58.3 Å². The molecule has 1 aromatic rings. The molecule has 24 heavy (non-hydrogen) atoms. The van der Waals surface area contributed by atoms with Crippen LogP contribution in [0.15, 0.2) is 4.52 Å². The molecule has 4 rings (SSSR count). The zero-order valence-electron chi connectivity index (χ0n) is 15.0. The van der Waals surface area contributed by atoms with Crippen LogP contribution in [-0.4, -0.2) is 47.8 Å². The van der Waals surface area contributed by atoms with Crippen molar-refractivity contribution in [3.05, 3.63) is 11.7 Å². The van der Waals surface area contributed by atoms with Crippen LogP contribution in [0, 0.1) is 11.8 Å². The number of nitrogens with zero attached hydrogens (tertiary/aromatic N) is 3. The summed E-state index contributed by atoms with van der Waals surface area (Å²) in [7, 11) is 0. The standard InChI is InChI=1S/C18H30N4O.ClH/c1-13(2)16-20-17(23-21-16)18-7-3-4-15(18)11-22(12-18)10-14-5-8-19-9-6-14;/h13-15,19H,3-12H2,1-2H3;1H/t15-,18-;/m1./s1. The molecule has 1 aliphatic carbocycles. The van der Waals surface area contributed by atoms with Crippen molar-refractivity contribution in [1.82, 2.24) is 20.4 Å². The normalized spacial score (nSPS) is 31.4. The summed E-state index contributed by atoms with van der Waals surface area (Å²) >= 11 is 0. The van der Waals surface area contributed by atoms with Crippen LogP contribution >= 0.6 is 12.4 Å². The smallest absolute Gasteiger partial charge is 0.234 e. The van der Waals surface area contributed by atoms with E-state index in [1.807, 2.05) is 0 Å². The Morgan fingerprint density at radius 1 is 1.29 bits per heavy atom. The minimum absolute atomic E-state index is 0. The first-order valence-corrected chi connectivity index (χ1v) is 9.44.